The number of hydrogen-bond donors (Lipinski definition) is 3. The summed E-state index contributed by atoms with van der Waals surface area (Å²) in [4.78, 5) is 21.2. The van der Waals surface area contributed by atoms with Gasteiger partial charge in [0.25, 0.3) is 0 Å². The van der Waals surface area contributed by atoms with Gasteiger partial charge in [-0.1, -0.05) is 12.1 Å². The first-order valence-corrected chi connectivity index (χ1v) is 4.50. The Hall–Kier alpha value is -2.37. The highest BCUT2D eigenvalue weighted by Crippen LogP contribution is 2.06. The predicted octanol–water partition coefficient (Wildman–Crippen LogP) is -0.406. The second-order valence-corrected chi connectivity index (χ2v) is 3.12. The number of nitrogens with one attached hydrogen (secondary N) is 1. The molecule has 0 aliphatic rings. The Bertz CT molecular complexity index is 437. The topological polar surface area (TPSA) is 111 Å². The van der Waals surface area contributed by atoms with Gasteiger partial charge in [0.2, 0.25) is 0 Å². The van der Waals surface area contributed by atoms with E-state index in [1.165, 1.54) is 0 Å². The second kappa shape index (κ2) is 4.92. The monoisotopic (exact) mass is 220 g/mol. The number of anilines is 1. The van der Waals surface area contributed by atoms with Gasteiger partial charge in [-0.15, -0.1) is 0 Å². The summed E-state index contributed by atoms with van der Waals surface area (Å²) in [6.45, 7) is 1.69. The van der Waals surface area contributed by atoms with Crippen LogP contribution in [0.2, 0.25) is 0 Å². The van der Waals surface area contributed by atoms with Crippen molar-refractivity contribution in [3.05, 3.63) is 29.8 Å². The van der Waals surface area contributed by atoms with Crippen LogP contribution >= 0.6 is 0 Å². The summed E-state index contributed by atoms with van der Waals surface area (Å²) < 4.78 is 0. The summed E-state index contributed by atoms with van der Waals surface area (Å²) in [7, 11) is 0. The van der Waals surface area contributed by atoms with Crippen molar-refractivity contribution in [2.45, 2.75) is 6.92 Å². The van der Waals surface area contributed by atoms with E-state index in [0.29, 0.717) is 11.4 Å². The van der Waals surface area contributed by atoms with E-state index in [2.05, 4.69) is 5.10 Å². The molecule has 6 nitrogen and oxygen atoms in total. The first-order chi connectivity index (χ1) is 7.50. The van der Waals surface area contributed by atoms with Gasteiger partial charge in [0.15, 0.2) is 0 Å². The lowest BCUT2D eigenvalue weighted by Gasteiger charge is -2.01. The summed E-state index contributed by atoms with van der Waals surface area (Å²) in [6.07, 6.45) is 0. The zero-order chi connectivity index (χ0) is 12.1. The van der Waals surface area contributed by atoms with Crippen LogP contribution in [0.15, 0.2) is 29.4 Å². The van der Waals surface area contributed by atoms with Crippen molar-refractivity contribution in [1.29, 1.82) is 0 Å². The molecule has 0 saturated heterocycles. The number of carbonyl (C=O) groups is 2. The van der Waals surface area contributed by atoms with Gasteiger partial charge in [0.05, 0.1) is 5.71 Å². The van der Waals surface area contributed by atoms with E-state index in [4.69, 9.17) is 11.5 Å². The van der Waals surface area contributed by atoms with Crippen LogP contribution in [-0.2, 0) is 9.59 Å². The van der Waals surface area contributed by atoms with Crippen molar-refractivity contribution >= 4 is 23.2 Å². The highest BCUT2D eigenvalue weighted by Gasteiger charge is 2.06. The molecule has 1 aromatic rings. The Morgan fingerprint density at radius 3 is 2.31 bits per heavy atom. The zero-order valence-corrected chi connectivity index (χ0v) is 8.73. The molecule has 0 unspecified atom stereocenters. The van der Waals surface area contributed by atoms with Crippen LogP contribution in [-0.4, -0.2) is 17.5 Å². The SMILES string of the molecule is C/C(=N\NC(=O)C(N)=O)c1ccc(N)cc1. The molecule has 0 fully saturated rings. The molecule has 1 aromatic carbocycles. The van der Waals surface area contributed by atoms with Crippen molar-refractivity contribution in [2.24, 2.45) is 10.8 Å². The molecule has 6 heteroatoms. The van der Waals surface area contributed by atoms with E-state index < -0.39 is 11.8 Å². The normalized spacial score (nSPS) is 10.9. The molecule has 5 N–H and O–H groups in total. The lowest BCUT2D eigenvalue weighted by molar-refractivity contribution is -0.137. The summed E-state index contributed by atoms with van der Waals surface area (Å²) in [5.74, 6) is -2.02. The van der Waals surface area contributed by atoms with E-state index in [1.54, 1.807) is 31.2 Å². The third-order valence-electron chi connectivity index (χ3n) is 1.88. The second-order valence-electron chi connectivity index (χ2n) is 3.12. The molecule has 0 atom stereocenters. The first kappa shape index (κ1) is 11.7. The number of hydrogen-bond acceptors (Lipinski definition) is 4. The number of hydrazone groups is 1. The minimum absolute atomic E-state index is 0.551. The summed E-state index contributed by atoms with van der Waals surface area (Å²) in [6, 6.07) is 6.93. The standard InChI is InChI=1S/C10H12N4O2/c1-6(13-14-10(16)9(12)15)7-2-4-8(11)5-3-7/h2-5H,11H2,1H3,(H2,12,15)(H,14,16)/b13-6+. The largest absolute Gasteiger partial charge is 0.399 e. The highest BCUT2D eigenvalue weighted by atomic mass is 16.2. The Morgan fingerprint density at radius 2 is 1.81 bits per heavy atom. The Labute approximate surface area is 92.3 Å². The van der Waals surface area contributed by atoms with Crippen LogP contribution in [0, 0.1) is 0 Å². The molecule has 0 aromatic heterocycles. The molecule has 0 aliphatic heterocycles. The van der Waals surface area contributed by atoms with Crippen molar-refractivity contribution in [3.63, 3.8) is 0 Å². The molecule has 2 amide bonds. The number of benzene rings is 1. The third-order valence-corrected chi connectivity index (χ3v) is 1.88. The number of primary amides is 1. The number of amides is 2. The van der Waals surface area contributed by atoms with E-state index in [9.17, 15) is 9.59 Å². The van der Waals surface area contributed by atoms with Gasteiger partial charge in [-0.3, -0.25) is 9.59 Å². The van der Waals surface area contributed by atoms with Crippen molar-refractivity contribution in [1.82, 2.24) is 5.43 Å². The minimum atomic E-state index is -1.08. The maximum atomic E-state index is 10.8. The minimum Gasteiger partial charge on any atom is -0.399 e. The molecular weight excluding hydrogens is 208 g/mol. The van der Waals surface area contributed by atoms with Gasteiger partial charge in [-0.25, -0.2) is 5.43 Å². The predicted molar refractivity (Wildman–Crippen MR) is 60.4 cm³/mol. The maximum absolute atomic E-state index is 10.8. The van der Waals surface area contributed by atoms with Crippen molar-refractivity contribution in [2.75, 3.05) is 5.73 Å². The quantitative estimate of drug-likeness (QED) is 0.273. The zero-order valence-electron chi connectivity index (χ0n) is 8.73. The van der Waals surface area contributed by atoms with Gasteiger partial charge >= 0.3 is 11.8 Å². The van der Waals surface area contributed by atoms with E-state index in [0.717, 1.165) is 5.56 Å². The molecule has 0 saturated carbocycles. The van der Waals surface area contributed by atoms with Crippen LogP contribution in [0.5, 0.6) is 0 Å². The van der Waals surface area contributed by atoms with Gasteiger partial charge in [0, 0.05) is 5.69 Å². The molecule has 16 heavy (non-hydrogen) atoms. The van der Waals surface area contributed by atoms with Crippen molar-refractivity contribution < 1.29 is 9.59 Å². The number of nitrogen functional groups attached to an aromatic ring is 1. The Kier molecular flexibility index (Phi) is 3.60. The molecule has 0 radical (unpaired) electrons. The fourth-order valence-corrected chi connectivity index (χ4v) is 0.979. The van der Waals surface area contributed by atoms with E-state index >= 15 is 0 Å². The average molecular weight is 220 g/mol. The molecule has 0 spiro atoms. The summed E-state index contributed by atoms with van der Waals surface area (Å²) >= 11 is 0. The molecule has 0 bridgehead atoms. The van der Waals surface area contributed by atoms with Crippen molar-refractivity contribution in [3.8, 4) is 0 Å². The molecule has 84 valence electrons. The van der Waals surface area contributed by atoms with Crippen LogP contribution in [0.1, 0.15) is 12.5 Å². The Balaban J connectivity index is 2.74. The third kappa shape index (κ3) is 3.09. The van der Waals surface area contributed by atoms with E-state index in [1.807, 2.05) is 5.43 Å². The lowest BCUT2D eigenvalue weighted by atomic mass is 10.1. The molecule has 1 rings (SSSR count). The van der Waals surface area contributed by atoms with Gasteiger partial charge in [-0.05, 0) is 24.6 Å². The summed E-state index contributed by atoms with van der Waals surface area (Å²) in [5, 5.41) is 3.72. The number of nitrogens with two attached hydrogens (primary N) is 2. The van der Waals surface area contributed by atoms with Gasteiger partial charge < -0.3 is 11.5 Å². The highest BCUT2D eigenvalue weighted by molar-refractivity contribution is 6.34. The number of carbonyl (C=O) groups excluding carboxylic acids is 2. The Morgan fingerprint density at radius 1 is 1.25 bits per heavy atom. The lowest BCUT2D eigenvalue weighted by Crippen LogP contribution is -2.33. The average Bonchev–Trinajstić information content (AvgIpc) is 2.26. The molecule has 0 heterocycles. The van der Waals surface area contributed by atoms with Crippen LogP contribution in [0.25, 0.3) is 0 Å². The van der Waals surface area contributed by atoms with Crippen LogP contribution in [0.4, 0.5) is 5.69 Å². The van der Waals surface area contributed by atoms with Crippen LogP contribution in [0.3, 0.4) is 0 Å². The number of nitrogens with zero attached hydrogens (tertiary/aromatic N) is 1. The fraction of sp³-hybridized carbons (Fsp3) is 0.100. The molecule has 0 aliphatic carbocycles. The van der Waals surface area contributed by atoms with Gasteiger partial charge in [0.1, 0.15) is 0 Å². The smallest absolute Gasteiger partial charge is 0.329 e. The summed E-state index contributed by atoms with van der Waals surface area (Å²) in [5.41, 5.74) is 14.3. The number of rotatable bonds is 2. The van der Waals surface area contributed by atoms with E-state index in [-0.39, 0.29) is 0 Å². The first-order valence-electron chi connectivity index (χ1n) is 4.50. The van der Waals surface area contributed by atoms with Crippen LogP contribution < -0.4 is 16.9 Å². The fourth-order valence-electron chi connectivity index (χ4n) is 0.979. The van der Waals surface area contributed by atoms with Gasteiger partial charge in [-0.2, -0.15) is 5.10 Å². The maximum Gasteiger partial charge on any atom is 0.329 e. The molecular formula is C10H12N4O2.